The van der Waals surface area contributed by atoms with Crippen molar-refractivity contribution in [3.05, 3.63) is 83.4 Å². The van der Waals surface area contributed by atoms with Crippen molar-refractivity contribution in [1.82, 2.24) is 19.2 Å². The molecule has 0 aliphatic carbocycles. The highest BCUT2D eigenvalue weighted by Gasteiger charge is 2.13. The quantitative estimate of drug-likeness (QED) is 0.454. The molecule has 134 valence electrons. The molecule has 0 atom stereocenters. The summed E-state index contributed by atoms with van der Waals surface area (Å²) in [6.45, 7) is 5.70. The van der Waals surface area contributed by atoms with E-state index in [-0.39, 0.29) is 5.82 Å². The van der Waals surface area contributed by atoms with Crippen LogP contribution in [-0.2, 0) is 19.8 Å². The fourth-order valence-electron chi connectivity index (χ4n) is 2.81. The normalized spacial score (nSPS) is 11.0. The van der Waals surface area contributed by atoms with Gasteiger partial charge in [-0.25, -0.2) is 9.07 Å². The Morgan fingerprint density at radius 3 is 2.50 bits per heavy atom. The minimum absolute atomic E-state index is 0.273. The summed E-state index contributed by atoms with van der Waals surface area (Å²) in [5.74, 6) is 0.438. The first-order valence-electron chi connectivity index (χ1n) is 8.35. The van der Waals surface area contributed by atoms with Crippen molar-refractivity contribution in [1.29, 1.82) is 0 Å². The molecule has 1 aromatic heterocycles. The minimum Gasteiger partial charge on any atom is -0.296 e. The van der Waals surface area contributed by atoms with Crippen molar-refractivity contribution in [2.24, 2.45) is 0 Å². The Kier molecular flexibility index (Phi) is 5.75. The van der Waals surface area contributed by atoms with E-state index in [9.17, 15) is 4.39 Å². The smallest absolute Gasteiger partial charge is 0.199 e. The lowest BCUT2D eigenvalue weighted by Crippen LogP contribution is -2.22. The van der Waals surface area contributed by atoms with Gasteiger partial charge in [0.05, 0.1) is 6.67 Å². The number of rotatable bonds is 7. The van der Waals surface area contributed by atoms with Crippen LogP contribution < -0.4 is 0 Å². The zero-order chi connectivity index (χ0) is 18.5. The highest BCUT2D eigenvalue weighted by atomic mass is 32.1. The van der Waals surface area contributed by atoms with E-state index in [4.69, 9.17) is 12.2 Å². The standard InChI is InChI=1S/C20H21FN4S/c1-3-13-24-19(17-9-11-18(21)12-10-17)22-25(20(24)26)15-23(2)14-16-7-5-4-6-8-16/h3-12H,1,13-15H2,2H3. The first-order valence-corrected chi connectivity index (χ1v) is 8.76. The number of hydrogen-bond donors (Lipinski definition) is 0. The van der Waals surface area contributed by atoms with Gasteiger partial charge in [-0.15, -0.1) is 6.58 Å². The molecule has 0 radical (unpaired) electrons. The highest BCUT2D eigenvalue weighted by molar-refractivity contribution is 7.71. The topological polar surface area (TPSA) is 26.0 Å². The lowest BCUT2D eigenvalue weighted by atomic mass is 10.2. The summed E-state index contributed by atoms with van der Waals surface area (Å²) < 4.78 is 17.6. The predicted molar refractivity (Wildman–Crippen MR) is 105 cm³/mol. The Balaban J connectivity index is 1.87. The number of aromatic nitrogens is 3. The maximum atomic E-state index is 13.2. The van der Waals surface area contributed by atoms with Crippen molar-refractivity contribution in [2.45, 2.75) is 19.8 Å². The van der Waals surface area contributed by atoms with Crippen LogP contribution >= 0.6 is 12.2 Å². The average molecular weight is 368 g/mol. The molecule has 3 aromatic rings. The van der Waals surface area contributed by atoms with Gasteiger partial charge in [0.1, 0.15) is 5.82 Å². The molecule has 0 aliphatic rings. The van der Waals surface area contributed by atoms with Crippen LogP contribution in [0.4, 0.5) is 4.39 Å². The van der Waals surface area contributed by atoms with Crippen molar-refractivity contribution in [2.75, 3.05) is 7.05 Å². The van der Waals surface area contributed by atoms with Crippen LogP contribution in [0.3, 0.4) is 0 Å². The molecule has 3 rings (SSSR count). The molecule has 0 N–H and O–H groups in total. The molecular formula is C20H21FN4S. The molecule has 2 aromatic carbocycles. The predicted octanol–water partition coefficient (Wildman–Crippen LogP) is 4.50. The summed E-state index contributed by atoms with van der Waals surface area (Å²) in [6.07, 6.45) is 1.78. The van der Waals surface area contributed by atoms with Crippen molar-refractivity contribution >= 4 is 12.2 Å². The summed E-state index contributed by atoms with van der Waals surface area (Å²) >= 11 is 5.60. The Bertz CT molecular complexity index is 929. The van der Waals surface area contributed by atoms with E-state index >= 15 is 0 Å². The zero-order valence-corrected chi connectivity index (χ0v) is 15.5. The van der Waals surface area contributed by atoms with Gasteiger partial charge in [-0.3, -0.25) is 9.47 Å². The van der Waals surface area contributed by atoms with Gasteiger partial charge >= 0.3 is 0 Å². The molecule has 0 bridgehead atoms. The Labute approximate surface area is 157 Å². The van der Waals surface area contributed by atoms with E-state index in [0.717, 1.165) is 12.1 Å². The fourth-order valence-corrected chi connectivity index (χ4v) is 3.07. The molecule has 0 unspecified atom stereocenters. The van der Waals surface area contributed by atoms with Gasteiger partial charge in [-0.1, -0.05) is 36.4 Å². The van der Waals surface area contributed by atoms with Crippen LogP contribution in [0.2, 0.25) is 0 Å². The van der Waals surface area contributed by atoms with E-state index in [1.165, 1.54) is 17.7 Å². The van der Waals surface area contributed by atoms with Gasteiger partial charge in [0.2, 0.25) is 0 Å². The first-order chi connectivity index (χ1) is 12.6. The molecule has 0 aliphatic heterocycles. The number of halogens is 1. The van der Waals surface area contributed by atoms with Crippen LogP contribution in [0.15, 0.2) is 67.3 Å². The lowest BCUT2D eigenvalue weighted by Gasteiger charge is -2.16. The van der Waals surface area contributed by atoms with Gasteiger partial charge in [0, 0.05) is 18.7 Å². The second-order valence-corrected chi connectivity index (χ2v) is 6.52. The largest absolute Gasteiger partial charge is 0.296 e. The molecule has 0 fully saturated rings. The average Bonchev–Trinajstić information content (AvgIpc) is 2.93. The van der Waals surface area contributed by atoms with Crippen molar-refractivity contribution in [3.63, 3.8) is 0 Å². The maximum absolute atomic E-state index is 13.2. The molecular weight excluding hydrogens is 347 g/mol. The summed E-state index contributed by atoms with van der Waals surface area (Å²) in [7, 11) is 2.03. The van der Waals surface area contributed by atoms with Gasteiger partial charge in [-0.2, -0.15) is 5.10 Å². The van der Waals surface area contributed by atoms with Crippen molar-refractivity contribution in [3.8, 4) is 11.4 Å². The first kappa shape index (κ1) is 18.2. The second kappa shape index (κ2) is 8.21. The highest BCUT2D eigenvalue weighted by Crippen LogP contribution is 2.19. The van der Waals surface area contributed by atoms with Crippen LogP contribution in [0.25, 0.3) is 11.4 Å². The van der Waals surface area contributed by atoms with Gasteiger partial charge in [0.15, 0.2) is 10.6 Å². The maximum Gasteiger partial charge on any atom is 0.199 e. The van der Waals surface area contributed by atoms with Gasteiger partial charge < -0.3 is 0 Å². The second-order valence-electron chi connectivity index (χ2n) is 6.15. The SMILES string of the molecule is C=CCn1c(-c2ccc(F)cc2)nn(CN(C)Cc2ccccc2)c1=S. The van der Waals surface area contributed by atoms with E-state index in [0.29, 0.717) is 23.8 Å². The minimum atomic E-state index is -0.273. The summed E-state index contributed by atoms with van der Waals surface area (Å²) in [6, 6.07) is 16.5. The number of benzene rings is 2. The summed E-state index contributed by atoms with van der Waals surface area (Å²) in [5, 5.41) is 4.67. The molecule has 0 saturated heterocycles. The van der Waals surface area contributed by atoms with E-state index in [1.54, 1.807) is 22.9 Å². The number of nitrogens with zero attached hydrogens (tertiary/aromatic N) is 4. The van der Waals surface area contributed by atoms with Gasteiger partial charge in [-0.05, 0) is 49.1 Å². The van der Waals surface area contributed by atoms with Crippen LogP contribution in [0.1, 0.15) is 5.56 Å². The van der Waals surface area contributed by atoms with Crippen LogP contribution in [0.5, 0.6) is 0 Å². The zero-order valence-electron chi connectivity index (χ0n) is 14.7. The third kappa shape index (κ3) is 4.15. The molecule has 4 nitrogen and oxygen atoms in total. The molecule has 26 heavy (non-hydrogen) atoms. The monoisotopic (exact) mass is 368 g/mol. The fraction of sp³-hybridized carbons (Fsp3) is 0.200. The third-order valence-electron chi connectivity index (χ3n) is 4.01. The Hall–Kier alpha value is -2.57. The molecule has 0 saturated carbocycles. The molecule has 0 spiro atoms. The third-order valence-corrected chi connectivity index (χ3v) is 4.44. The Morgan fingerprint density at radius 1 is 1.15 bits per heavy atom. The van der Waals surface area contributed by atoms with Crippen LogP contribution in [0, 0.1) is 10.6 Å². The number of hydrogen-bond acceptors (Lipinski definition) is 3. The summed E-state index contributed by atoms with van der Waals surface area (Å²) in [5.41, 5.74) is 2.05. The molecule has 1 heterocycles. The van der Waals surface area contributed by atoms with Crippen LogP contribution in [-0.4, -0.2) is 26.3 Å². The summed E-state index contributed by atoms with van der Waals surface area (Å²) in [4.78, 5) is 2.14. The van der Waals surface area contributed by atoms with E-state index in [1.807, 2.05) is 29.8 Å². The van der Waals surface area contributed by atoms with Crippen molar-refractivity contribution < 1.29 is 4.39 Å². The van der Waals surface area contributed by atoms with E-state index < -0.39 is 0 Å². The Morgan fingerprint density at radius 2 is 1.85 bits per heavy atom. The van der Waals surface area contributed by atoms with Gasteiger partial charge in [0.25, 0.3) is 0 Å². The number of allylic oxidation sites excluding steroid dienone is 1. The molecule has 0 amide bonds. The van der Waals surface area contributed by atoms with E-state index in [2.05, 4.69) is 28.7 Å². The lowest BCUT2D eigenvalue weighted by molar-refractivity contribution is 0.244. The molecule has 6 heteroatoms.